The average Bonchev–Trinajstić information content (AvgIpc) is 2.18. The van der Waals surface area contributed by atoms with Crippen molar-refractivity contribution >= 4 is 0 Å². The summed E-state index contributed by atoms with van der Waals surface area (Å²) in [6.45, 7) is 4.91. The lowest BCUT2D eigenvalue weighted by Gasteiger charge is -2.36. The van der Waals surface area contributed by atoms with Gasteiger partial charge in [0.1, 0.15) is 0 Å². The highest BCUT2D eigenvalue weighted by atomic mass is 16.5. The van der Waals surface area contributed by atoms with Crippen LogP contribution in [-0.2, 0) is 4.74 Å². The van der Waals surface area contributed by atoms with Crippen LogP contribution in [0.5, 0.6) is 0 Å². The van der Waals surface area contributed by atoms with Crippen LogP contribution < -0.4 is 11.1 Å². The third-order valence-corrected chi connectivity index (χ3v) is 2.91. The van der Waals surface area contributed by atoms with Gasteiger partial charge in [0.25, 0.3) is 0 Å². The molecule has 14 heavy (non-hydrogen) atoms. The zero-order valence-corrected chi connectivity index (χ0v) is 9.07. The molecule has 0 radical (unpaired) electrons. The zero-order valence-electron chi connectivity index (χ0n) is 9.07. The number of hydrogen-bond acceptors (Lipinski definition) is 4. The van der Waals surface area contributed by atoms with Crippen molar-refractivity contribution in [1.82, 2.24) is 5.32 Å². The van der Waals surface area contributed by atoms with Crippen molar-refractivity contribution in [2.24, 2.45) is 5.73 Å². The molecule has 0 amide bonds. The standard InChI is InChI=1S/C10H22N2O2/c1-7(12-5-6-13)10-4-3-9(11)8(2)14-10/h7-10,12-13H,3-6,11H2,1-2H3/t7?,8-,9?,10?/m1/s1. The number of nitrogens with two attached hydrogens (primary N) is 1. The van der Waals surface area contributed by atoms with E-state index in [0.717, 1.165) is 12.8 Å². The summed E-state index contributed by atoms with van der Waals surface area (Å²) in [7, 11) is 0. The molecule has 0 bridgehead atoms. The predicted molar refractivity (Wildman–Crippen MR) is 56.1 cm³/mol. The molecule has 4 heteroatoms. The monoisotopic (exact) mass is 202 g/mol. The van der Waals surface area contributed by atoms with E-state index in [1.165, 1.54) is 0 Å². The topological polar surface area (TPSA) is 67.5 Å². The fourth-order valence-electron chi connectivity index (χ4n) is 1.83. The highest BCUT2D eigenvalue weighted by Gasteiger charge is 2.28. The first-order valence-corrected chi connectivity index (χ1v) is 5.40. The van der Waals surface area contributed by atoms with Gasteiger partial charge in [0.15, 0.2) is 0 Å². The second-order valence-corrected chi connectivity index (χ2v) is 4.09. The molecule has 1 saturated heterocycles. The molecular weight excluding hydrogens is 180 g/mol. The van der Waals surface area contributed by atoms with Gasteiger partial charge in [-0.15, -0.1) is 0 Å². The number of ether oxygens (including phenoxy) is 1. The van der Waals surface area contributed by atoms with Crippen LogP contribution in [0.15, 0.2) is 0 Å². The fourth-order valence-corrected chi connectivity index (χ4v) is 1.83. The van der Waals surface area contributed by atoms with Gasteiger partial charge in [-0.2, -0.15) is 0 Å². The van der Waals surface area contributed by atoms with E-state index in [2.05, 4.69) is 12.2 Å². The van der Waals surface area contributed by atoms with Crippen LogP contribution in [0.3, 0.4) is 0 Å². The van der Waals surface area contributed by atoms with E-state index in [0.29, 0.717) is 6.54 Å². The van der Waals surface area contributed by atoms with E-state index in [4.69, 9.17) is 15.6 Å². The van der Waals surface area contributed by atoms with E-state index in [9.17, 15) is 0 Å². The number of hydrogen-bond donors (Lipinski definition) is 3. The summed E-state index contributed by atoms with van der Waals surface area (Å²) in [6, 6.07) is 0.466. The van der Waals surface area contributed by atoms with E-state index in [1.807, 2.05) is 6.92 Å². The molecule has 0 saturated carbocycles. The number of aliphatic hydroxyl groups excluding tert-OH is 1. The maximum absolute atomic E-state index is 8.68. The van der Waals surface area contributed by atoms with Crippen LogP contribution in [0.2, 0.25) is 0 Å². The van der Waals surface area contributed by atoms with Crippen molar-refractivity contribution in [3.05, 3.63) is 0 Å². The Labute approximate surface area is 85.8 Å². The molecule has 1 fully saturated rings. The Morgan fingerprint density at radius 3 is 2.86 bits per heavy atom. The van der Waals surface area contributed by atoms with Gasteiger partial charge in [-0.05, 0) is 26.7 Å². The minimum absolute atomic E-state index is 0.145. The number of rotatable bonds is 4. The highest BCUT2D eigenvalue weighted by Crippen LogP contribution is 2.20. The number of nitrogens with one attached hydrogen (secondary N) is 1. The first kappa shape index (κ1) is 11.9. The third-order valence-electron chi connectivity index (χ3n) is 2.91. The van der Waals surface area contributed by atoms with E-state index in [1.54, 1.807) is 0 Å². The third kappa shape index (κ3) is 3.20. The van der Waals surface area contributed by atoms with Crippen LogP contribution >= 0.6 is 0 Å². The zero-order chi connectivity index (χ0) is 10.6. The summed E-state index contributed by atoms with van der Waals surface area (Å²) in [4.78, 5) is 0. The lowest BCUT2D eigenvalue weighted by atomic mass is 9.97. The second-order valence-electron chi connectivity index (χ2n) is 4.09. The molecule has 0 aromatic carbocycles. The van der Waals surface area contributed by atoms with Crippen molar-refractivity contribution in [1.29, 1.82) is 0 Å². The quantitative estimate of drug-likeness (QED) is 0.593. The molecule has 1 heterocycles. The van der Waals surface area contributed by atoms with Crippen LogP contribution in [0.1, 0.15) is 26.7 Å². The van der Waals surface area contributed by atoms with E-state index >= 15 is 0 Å². The van der Waals surface area contributed by atoms with E-state index in [-0.39, 0.29) is 30.9 Å². The minimum atomic E-state index is 0.145. The maximum Gasteiger partial charge on any atom is 0.0730 e. The molecule has 0 aromatic rings. The Hall–Kier alpha value is -0.160. The summed E-state index contributed by atoms with van der Waals surface area (Å²) < 4.78 is 5.79. The molecular formula is C10H22N2O2. The maximum atomic E-state index is 8.68. The largest absolute Gasteiger partial charge is 0.395 e. The molecule has 4 N–H and O–H groups in total. The Morgan fingerprint density at radius 2 is 2.29 bits per heavy atom. The van der Waals surface area contributed by atoms with Gasteiger partial charge in [0.2, 0.25) is 0 Å². The number of aliphatic hydroxyl groups is 1. The Kier molecular flexibility index (Phi) is 4.81. The normalized spacial score (nSPS) is 35.6. The van der Waals surface area contributed by atoms with Gasteiger partial charge >= 0.3 is 0 Å². The highest BCUT2D eigenvalue weighted by molar-refractivity contribution is 4.83. The van der Waals surface area contributed by atoms with Gasteiger partial charge in [-0.1, -0.05) is 0 Å². The summed E-state index contributed by atoms with van der Waals surface area (Å²) in [5.74, 6) is 0. The van der Waals surface area contributed by atoms with Gasteiger partial charge in [-0.25, -0.2) is 0 Å². The van der Waals surface area contributed by atoms with Crippen LogP contribution in [0, 0.1) is 0 Å². The minimum Gasteiger partial charge on any atom is -0.395 e. The van der Waals surface area contributed by atoms with Crippen molar-refractivity contribution in [2.45, 2.75) is 51.0 Å². The molecule has 1 rings (SSSR count). The van der Waals surface area contributed by atoms with Crippen molar-refractivity contribution in [3.8, 4) is 0 Å². The lowest BCUT2D eigenvalue weighted by molar-refractivity contribution is -0.0650. The summed E-state index contributed by atoms with van der Waals surface area (Å²) >= 11 is 0. The molecule has 84 valence electrons. The second kappa shape index (κ2) is 5.66. The molecule has 4 nitrogen and oxygen atoms in total. The molecule has 4 atom stereocenters. The van der Waals surface area contributed by atoms with Gasteiger partial charge in [0, 0.05) is 18.6 Å². The van der Waals surface area contributed by atoms with Gasteiger partial charge < -0.3 is 20.9 Å². The lowest BCUT2D eigenvalue weighted by Crippen LogP contribution is -2.49. The van der Waals surface area contributed by atoms with Crippen LogP contribution in [-0.4, -0.2) is 42.5 Å². The first-order valence-electron chi connectivity index (χ1n) is 5.40. The SMILES string of the molecule is CC(NCCO)C1CCC(N)[C@@H](C)O1. The summed E-state index contributed by atoms with van der Waals surface area (Å²) in [6.07, 6.45) is 2.41. The Balaban J connectivity index is 2.30. The summed E-state index contributed by atoms with van der Waals surface area (Å²) in [5, 5.41) is 11.9. The van der Waals surface area contributed by atoms with Crippen molar-refractivity contribution < 1.29 is 9.84 Å². The fraction of sp³-hybridized carbons (Fsp3) is 1.00. The van der Waals surface area contributed by atoms with Crippen molar-refractivity contribution in [3.63, 3.8) is 0 Å². The molecule has 3 unspecified atom stereocenters. The summed E-state index contributed by atoms with van der Waals surface area (Å²) in [5.41, 5.74) is 5.86. The molecule has 0 spiro atoms. The Morgan fingerprint density at radius 1 is 1.57 bits per heavy atom. The molecule has 0 aliphatic carbocycles. The smallest absolute Gasteiger partial charge is 0.0730 e. The van der Waals surface area contributed by atoms with Gasteiger partial charge in [-0.3, -0.25) is 0 Å². The Bertz CT molecular complexity index is 166. The first-order chi connectivity index (χ1) is 6.65. The van der Waals surface area contributed by atoms with Crippen LogP contribution in [0.25, 0.3) is 0 Å². The van der Waals surface area contributed by atoms with E-state index < -0.39 is 0 Å². The molecule has 1 aliphatic rings. The van der Waals surface area contributed by atoms with Crippen LogP contribution in [0.4, 0.5) is 0 Å². The predicted octanol–water partition coefficient (Wildman–Crippen LogP) is -0.148. The van der Waals surface area contributed by atoms with Gasteiger partial charge in [0.05, 0.1) is 18.8 Å². The molecule has 1 aliphatic heterocycles. The van der Waals surface area contributed by atoms with Crippen molar-refractivity contribution in [2.75, 3.05) is 13.2 Å². The molecule has 0 aromatic heterocycles. The average molecular weight is 202 g/mol.